The van der Waals surface area contributed by atoms with Crippen molar-refractivity contribution in [1.82, 2.24) is 0 Å². The van der Waals surface area contributed by atoms with E-state index in [0.29, 0.717) is 18.9 Å². The predicted octanol–water partition coefficient (Wildman–Crippen LogP) is 5.24. The third-order valence-corrected chi connectivity index (χ3v) is 4.57. The average Bonchev–Trinajstić information content (AvgIpc) is 2.56. The molecule has 0 aliphatic heterocycles. The summed E-state index contributed by atoms with van der Waals surface area (Å²) in [7, 11) is 0. The van der Waals surface area contributed by atoms with Crippen LogP contribution in [0.2, 0.25) is 0 Å². The van der Waals surface area contributed by atoms with Gasteiger partial charge in [-0.3, -0.25) is 4.79 Å². The third-order valence-electron chi connectivity index (χ3n) is 4.57. The molecule has 128 valence electrons. The molecule has 0 amide bonds. The first-order valence-corrected chi connectivity index (χ1v) is 9.16. The monoisotopic (exact) mass is 318 g/mol. The van der Waals surface area contributed by atoms with Crippen molar-refractivity contribution in [1.29, 1.82) is 0 Å². The van der Waals surface area contributed by atoms with E-state index in [0.717, 1.165) is 44.3 Å². The molecule has 3 nitrogen and oxygen atoms in total. The largest absolute Gasteiger partial charge is 0.494 e. The fourth-order valence-electron chi connectivity index (χ4n) is 3.37. The average molecular weight is 318 g/mol. The summed E-state index contributed by atoms with van der Waals surface area (Å²) in [5.41, 5.74) is 1.24. The maximum Gasteiger partial charge on any atom is 0.306 e. The number of carbonyl (C=O) groups is 1. The zero-order chi connectivity index (χ0) is 16.5. The van der Waals surface area contributed by atoms with Gasteiger partial charge in [-0.1, -0.05) is 38.3 Å². The highest BCUT2D eigenvalue weighted by Crippen LogP contribution is 2.36. The van der Waals surface area contributed by atoms with Crippen LogP contribution in [-0.4, -0.2) is 18.7 Å². The number of esters is 1. The van der Waals surface area contributed by atoms with Crippen LogP contribution in [0.4, 0.5) is 0 Å². The first-order valence-electron chi connectivity index (χ1n) is 9.16. The molecule has 0 bridgehead atoms. The Morgan fingerprint density at radius 3 is 2.78 bits per heavy atom. The summed E-state index contributed by atoms with van der Waals surface area (Å²) in [5.74, 6) is 1.18. The summed E-state index contributed by atoms with van der Waals surface area (Å²) in [4.78, 5) is 12.1. The Kier molecular flexibility index (Phi) is 7.44. The van der Waals surface area contributed by atoms with E-state index in [-0.39, 0.29) is 12.1 Å². The lowest BCUT2D eigenvalue weighted by Crippen LogP contribution is -2.28. The second-order valence-electron chi connectivity index (χ2n) is 6.38. The van der Waals surface area contributed by atoms with Crippen LogP contribution in [0.25, 0.3) is 0 Å². The molecular formula is C20H30O3. The smallest absolute Gasteiger partial charge is 0.306 e. The summed E-state index contributed by atoms with van der Waals surface area (Å²) in [6, 6.07) is 8.27. The summed E-state index contributed by atoms with van der Waals surface area (Å²) >= 11 is 0. The third kappa shape index (κ3) is 5.56. The van der Waals surface area contributed by atoms with E-state index in [1.807, 2.05) is 19.1 Å². The standard InChI is InChI=1S/C20H30O3/c1-3-5-6-14-20(21)23-19-13-8-7-12-18(19)16-10-9-11-17(15-16)22-4-2/h9-11,15,18-19H,3-8,12-14H2,1-2H3. The molecule has 0 radical (unpaired) electrons. The van der Waals surface area contributed by atoms with Gasteiger partial charge in [-0.15, -0.1) is 0 Å². The fraction of sp³-hybridized carbons (Fsp3) is 0.650. The lowest BCUT2D eigenvalue weighted by molar-refractivity contribution is -0.151. The van der Waals surface area contributed by atoms with E-state index in [9.17, 15) is 4.79 Å². The molecule has 1 aliphatic rings. The number of ether oxygens (including phenoxy) is 2. The fourth-order valence-corrected chi connectivity index (χ4v) is 3.37. The van der Waals surface area contributed by atoms with Crippen LogP contribution in [0.1, 0.15) is 76.7 Å². The van der Waals surface area contributed by atoms with Gasteiger partial charge in [-0.2, -0.15) is 0 Å². The molecule has 1 aliphatic carbocycles. The van der Waals surface area contributed by atoms with Gasteiger partial charge in [0.2, 0.25) is 0 Å². The van der Waals surface area contributed by atoms with Gasteiger partial charge in [-0.25, -0.2) is 0 Å². The van der Waals surface area contributed by atoms with Gasteiger partial charge in [0, 0.05) is 12.3 Å². The number of rotatable bonds is 8. The number of carbonyl (C=O) groups excluding carboxylic acids is 1. The maximum atomic E-state index is 12.1. The highest BCUT2D eigenvalue weighted by Gasteiger charge is 2.29. The Labute approximate surface area is 140 Å². The van der Waals surface area contributed by atoms with Crippen molar-refractivity contribution in [3.8, 4) is 5.75 Å². The molecule has 1 aromatic carbocycles. The molecule has 1 fully saturated rings. The second-order valence-corrected chi connectivity index (χ2v) is 6.38. The van der Waals surface area contributed by atoms with Crippen LogP contribution in [0, 0.1) is 0 Å². The molecule has 3 heteroatoms. The van der Waals surface area contributed by atoms with Crippen LogP contribution < -0.4 is 4.74 Å². The summed E-state index contributed by atoms with van der Waals surface area (Å²) in [5, 5.41) is 0. The molecule has 2 atom stereocenters. The van der Waals surface area contributed by atoms with Crippen LogP contribution >= 0.6 is 0 Å². The predicted molar refractivity (Wildman–Crippen MR) is 92.8 cm³/mol. The minimum Gasteiger partial charge on any atom is -0.494 e. The van der Waals surface area contributed by atoms with Gasteiger partial charge >= 0.3 is 5.97 Å². The van der Waals surface area contributed by atoms with Crippen LogP contribution in [0.5, 0.6) is 5.75 Å². The van der Waals surface area contributed by atoms with Gasteiger partial charge < -0.3 is 9.47 Å². The zero-order valence-electron chi connectivity index (χ0n) is 14.6. The van der Waals surface area contributed by atoms with Crippen molar-refractivity contribution < 1.29 is 14.3 Å². The summed E-state index contributed by atoms with van der Waals surface area (Å²) in [6.45, 7) is 4.81. The molecule has 0 aromatic heterocycles. The molecule has 2 unspecified atom stereocenters. The number of benzene rings is 1. The zero-order valence-corrected chi connectivity index (χ0v) is 14.6. The molecule has 0 heterocycles. The van der Waals surface area contributed by atoms with E-state index >= 15 is 0 Å². The van der Waals surface area contributed by atoms with E-state index in [1.54, 1.807) is 0 Å². The maximum absolute atomic E-state index is 12.1. The number of hydrogen-bond acceptors (Lipinski definition) is 3. The van der Waals surface area contributed by atoms with Gasteiger partial charge in [0.05, 0.1) is 6.61 Å². The first kappa shape index (κ1) is 17.8. The molecule has 0 spiro atoms. The molecular weight excluding hydrogens is 288 g/mol. The Hall–Kier alpha value is -1.51. The molecule has 23 heavy (non-hydrogen) atoms. The lowest BCUT2D eigenvalue weighted by atomic mass is 9.81. The molecule has 0 N–H and O–H groups in total. The van der Waals surface area contributed by atoms with Crippen molar-refractivity contribution in [3.05, 3.63) is 29.8 Å². The number of unbranched alkanes of at least 4 members (excludes halogenated alkanes) is 2. The Balaban J connectivity index is 2.00. The minimum atomic E-state index is -0.0312. The molecule has 1 saturated carbocycles. The van der Waals surface area contributed by atoms with E-state index in [1.165, 1.54) is 12.0 Å². The number of hydrogen-bond donors (Lipinski definition) is 0. The molecule has 0 saturated heterocycles. The topological polar surface area (TPSA) is 35.5 Å². The molecule has 2 rings (SSSR count). The van der Waals surface area contributed by atoms with Crippen LogP contribution in [-0.2, 0) is 9.53 Å². The Bertz CT molecular complexity index is 484. The Morgan fingerprint density at radius 1 is 1.17 bits per heavy atom. The highest BCUT2D eigenvalue weighted by molar-refractivity contribution is 5.69. The van der Waals surface area contributed by atoms with Crippen molar-refractivity contribution >= 4 is 5.97 Å². The van der Waals surface area contributed by atoms with Crippen LogP contribution in [0.3, 0.4) is 0 Å². The van der Waals surface area contributed by atoms with Crippen molar-refractivity contribution in [2.75, 3.05) is 6.61 Å². The first-order chi connectivity index (χ1) is 11.2. The Morgan fingerprint density at radius 2 is 2.00 bits per heavy atom. The van der Waals surface area contributed by atoms with Gasteiger partial charge in [-0.05, 0) is 50.3 Å². The second kappa shape index (κ2) is 9.59. The van der Waals surface area contributed by atoms with Gasteiger partial charge in [0.15, 0.2) is 0 Å². The van der Waals surface area contributed by atoms with Crippen molar-refractivity contribution in [3.63, 3.8) is 0 Å². The lowest BCUT2D eigenvalue weighted by Gasteiger charge is -2.31. The van der Waals surface area contributed by atoms with Crippen molar-refractivity contribution in [2.45, 2.75) is 77.2 Å². The minimum absolute atomic E-state index is 0.0229. The van der Waals surface area contributed by atoms with Crippen LogP contribution in [0.15, 0.2) is 24.3 Å². The highest BCUT2D eigenvalue weighted by atomic mass is 16.5. The quantitative estimate of drug-likeness (QED) is 0.486. The summed E-state index contributed by atoms with van der Waals surface area (Å²) in [6.07, 6.45) is 8.15. The normalized spacial score (nSPS) is 21.0. The van der Waals surface area contributed by atoms with Gasteiger partial charge in [0.25, 0.3) is 0 Å². The van der Waals surface area contributed by atoms with E-state index < -0.39 is 0 Å². The van der Waals surface area contributed by atoms with Gasteiger partial charge in [0.1, 0.15) is 11.9 Å². The molecule has 1 aromatic rings. The summed E-state index contributed by atoms with van der Waals surface area (Å²) < 4.78 is 11.4. The van der Waals surface area contributed by atoms with Crippen molar-refractivity contribution in [2.24, 2.45) is 0 Å². The van der Waals surface area contributed by atoms with E-state index in [4.69, 9.17) is 9.47 Å². The SMILES string of the molecule is CCCCCC(=O)OC1CCCCC1c1cccc(OCC)c1. The van der Waals surface area contributed by atoms with E-state index in [2.05, 4.69) is 19.1 Å².